The summed E-state index contributed by atoms with van der Waals surface area (Å²) < 4.78 is 40.2. The molecule has 0 radical (unpaired) electrons. The van der Waals surface area contributed by atoms with Gasteiger partial charge in [0.1, 0.15) is 40.2 Å². The molecule has 0 fully saturated rings. The highest BCUT2D eigenvalue weighted by Crippen LogP contribution is 2.60. The van der Waals surface area contributed by atoms with Crippen LogP contribution >= 0.6 is 0 Å². The molecule has 16 heteroatoms. The smallest absolute Gasteiger partial charge is 0.340 e. The number of benzene rings is 13. The van der Waals surface area contributed by atoms with Crippen LogP contribution < -0.4 is 44.4 Å². The van der Waals surface area contributed by atoms with Gasteiger partial charge in [-0.25, -0.2) is 14.4 Å². The van der Waals surface area contributed by atoms with Gasteiger partial charge in [-0.2, -0.15) is 0 Å². The minimum atomic E-state index is -1.16. The van der Waals surface area contributed by atoms with Gasteiger partial charge in [0.25, 0.3) is 0 Å². The number of carbonyl (C=O) groups excluding carboxylic acids is 3. The number of ether oxygens (including phenoxy) is 6. The van der Waals surface area contributed by atoms with Crippen LogP contribution in [0.4, 0.5) is 39.8 Å². The second-order valence-corrected chi connectivity index (χ2v) is 33.1. The van der Waals surface area contributed by atoms with Gasteiger partial charge in [0.05, 0.1) is 16.7 Å². The first kappa shape index (κ1) is 78.4. The monoisotopic (exact) mass is 1600 g/mol. The molecule has 3 N–H and O–H groups in total. The van der Waals surface area contributed by atoms with Crippen molar-refractivity contribution in [2.75, 3.05) is 85.1 Å². The number of rotatable bonds is 19. The van der Waals surface area contributed by atoms with Crippen LogP contribution in [0.5, 0.6) is 40.2 Å². The number of para-hydroxylation sites is 2. The average molecular weight is 1600 g/mol. The molecule has 13 aromatic carbocycles. The van der Waals surface area contributed by atoms with Crippen molar-refractivity contribution < 1.29 is 47.9 Å². The number of carbonyl (C=O) groups is 3. The highest BCUT2D eigenvalue weighted by Gasteiger charge is 2.55. The molecule has 6 aliphatic heterocycles. The Morgan fingerprint density at radius 1 is 0.421 bits per heavy atom. The first-order chi connectivity index (χ1) is 58.6. The van der Waals surface area contributed by atoms with Gasteiger partial charge in [-0.15, -0.1) is 0 Å². The van der Waals surface area contributed by atoms with Crippen molar-refractivity contribution in [3.63, 3.8) is 0 Å². The fourth-order valence-electron chi connectivity index (χ4n) is 18.7. The number of fused-ring (bicyclic) bond motifs is 16. The summed E-state index contributed by atoms with van der Waals surface area (Å²) in [7, 11) is 10.1. The quantitative estimate of drug-likeness (QED) is 0.0398. The van der Waals surface area contributed by atoms with Crippen molar-refractivity contribution in [3.8, 4) is 40.2 Å². The van der Waals surface area contributed by atoms with Gasteiger partial charge in [-0.05, 0) is 224 Å². The number of nitrogens with zero attached hydrogens (tertiary/aromatic N) is 4. The SMILES string of the molecule is CCN(C)c1ccc2c(c1)Oc1c(ccc(CCN(Cc3ccccc3)c3cc4c(cc3C)Oc3cc(N(C)C)ccc3C43Cc4ccccc4C(=O)O3)c1C)C21OC(=O)c2ccccc21.CCc1cc(O)cc(Cc2cccc(C)c2NCCc2cc3c(cc2C)Oc2cc(N(C)C)ccc2C32Cc3ccccc3C(=O)O2)c1Nc1ccccc1. The standard InChI is InChI=1S/C57H51N3O6.C48H47N3O4/c1-7-59(6)41-23-26-46-52(31-41)64-53-36(3)38(21-24-47(53)57(46)44-20-14-13-19-43(44)55(62)66-57)27-28-60(34-37-15-9-8-10-16-37)49-32-48-50(29-35(49)2)63-51-30-40(58(4)5)22-25-45(51)56(48)33-39-17-11-12-18-42(39)54(61)65-56;1-6-32-25-39(52)26-36(46(32)50-37-16-8-7-9-17-37)24-34-15-12-13-30(2)45(34)49-22-21-33-27-42-43(23-31(33)3)54-44-28-38(51(4)5)19-20-41(44)48(42)29-35-14-10-11-18-40(35)47(53)55-48/h8-26,29-32H,7,27-28,33-34H2,1-6H3;7-20,23,25-28,49-50,52H,6,21-22,24,29H2,1-5H3. The topological polar surface area (TPSA) is 164 Å². The van der Waals surface area contributed by atoms with E-state index in [4.69, 9.17) is 28.4 Å². The van der Waals surface area contributed by atoms with Crippen LogP contribution in [0.2, 0.25) is 0 Å². The second-order valence-electron chi connectivity index (χ2n) is 33.1. The van der Waals surface area contributed by atoms with Gasteiger partial charge in [0, 0.05) is 178 Å². The van der Waals surface area contributed by atoms with E-state index in [-0.39, 0.29) is 23.7 Å². The number of aryl methyl sites for hydroxylation is 4. The molecular formula is C105H98N6O10. The third-order valence-corrected chi connectivity index (χ3v) is 25.3. The van der Waals surface area contributed by atoms with Crippen LogP contribution in [0.1, 0.15) is 151 Å². The molecule has 0 aliphatic carbocycles. The number of esters is 3. The van der Waals surface area contributed by atoms with E-state index < -0.39 is 16.8 Å². The van der Waals surface area contributed by atoms with Crippen LogP contribution in [-0.4, -0.2) is 77.9 Å². The fourth-order valence-corrected chi connectivity index (χ4v) is 18.7. The zero-order valence-electron chi connectivity index (χ0n) is 70.2. The first-order valence-corrected chi connectivity index (χ1v) is 41.8. The van der Waals surface area contributed by atoms with Crippen molar-refractivity contribution in [2.45, 2.75) is 103 Å². The third-order valence-electron chi connectivity index (χ3n) is 25.3. The minimum absolute atomic E-state index is 0.269. The van der Waals surface area contributed by atoms with Gasteiger partial charge in [0.15, 0.2) is 16.8 Å². The number of anilines is 7. The lowest BCUT2D eigenvalue weighted by atomic mass is 9.75. The summed E-state index contributed by atoms with van der Waals surface area (Å²) in [4.78, 5) is 50.1. The van der Waals surface area contributed by atoms with E-state index in [0.717, 1.165) is 159 Å². The summed E-state index contributed by atoms with van der Waals surface area (Å²) in [5.74, 6) is 3.37. The molecule has 3 spiro atoms. The van der Waals surface area contributed by atoms with Gasteiger partial charge >= 0.3 is 17.9 Å². The molecular weight excluding hydrogens is 1510 g/mol. The number of aromatic hydroxyl groups is 1. The van der Waals surface area contributed by atoms with Crippen molar-refractivity contribution >= 4 is 57.7 Å². The predicted molar refractivity (Wildman–Crippen MR) is 480 cm³/mol. The molecule has 0 amide bonds. The normalized spacial score (nSPS) is 16.8. The van der Waals surface area contributed by atoms with Crippen LogP contribution in [-0.2, 0) is 76.1 Å². The zero-order chi connectivity index (χ0) is 83.8. The summed E-state index contributed by atoms with van der Waals surface area (Å²) in [5, 5.41) is 18.2. The molecule has 121 heavy (non-hydrogen) atoms. The zero-order valence-corrected chi connectivity index (χ0v) is 70.2. The van der Waals surface area contributed by atoms with Gasteiger partial charge in [0.2, 0.25) is 0 Å². The molecule has 13 aromatic rings. The molecule has 6 heterocycles. The van der Waals surface area contributed by atoms with E-state index in [1.54, 1.807) is 0 Å². The Kier molecular flexibility index (Phi) is 20.4. The fraction of sp³-hybridized carbons (Fsp3) is 0.229. The van der Waals surface area contributed by atoms with Crippen molar-refractivity contribution in [3.05, 3.63) is 377 Å². The summed E-state index contributed by atoms with van der Waals surface area (Å²) in [6.07, 6.45) is 3.84. The largest absolute Gasteiger partial charge is 0.508 e. The number of nitrogens with one attached hydrogen (secondary N) is 2. The van der Waals surface area contributed by atoms with Gasteiger partial charge in [-0.3, -0.25) is 0 Å². The molecule has 3 unspecified atom stereocenters. The van der Waals surface area contributed by atoms with Crippen molar-refractivity contribution in [1.82, 2.24) is 0 Å². The Labute approximate surface area is 707 Å². The lowest BCUT2D eigenvalue weighted by Gasteiger charge is -2.43. The van der Waals surface area contributed by atoms with E-state index in [1.807, 2.05) is 178 Å². The number of hydrogen-bond donors (Lipinski definition) is 3. The predicted octanol–water partition coefficient (Wildman–Crippen LogP) is 21.8. The van der Waals surface area contributed by atoms with E-state index in [0.29, 0.717) is 96.5 Å². The van der Waals surface area contributed by atoms with E-state index >= 15 is 0 Å². The maximum absolute atomic E-state index is 14.0. The number of phenols is 1. The Morgan fingerprint density at radius 2 is 0.967 bits per heavy atom. The Balaban J connectivity index is 0.000000169. The third kappa shape index (κ3) is 14.0. The summed E-state index contributed by atoms with van der Waals surface area (Å²) in [5.41, 5.74) is 24.3. The van der Waals surface area contributed by atoms with Gasteiger partial charge in [-0.1, -0.05) is 140 Å². The highest BCUT2D eigenvalue weighted by atomic mass is 16.6. The molecule has 608 valence electrons. The van der Waals surface area contributed by atoms with Crippen molar-refractivity contribution in [1.29, 1.82) is 0 Å². The maximum Gasteiger partial charge on any atom is 0.340 e. The van der Waals surface area contributed by atoms with Gasteiger partial charge < -0.3 is 63.8 Å². The summed E-state index contributed by atoms with van der Waals surface area (Å²) in [6, 6.07) is 85.2. The molecule has 6 aliphatic rings. The molecule has 19 rings (SSSR count). The molecule has 0 bridgehead atoms. The Morgan fingerprint density at radius 3 is 1.61 bits per heavy atom. The second kappa shape index (κ2) is 31.5. The minimum Gasteiger partial charge on any atom is -0.508 e. The molecule has 0 aromatic heterocycles. The van der Waals surface area contributed by atoms with Crippen LogP contribution in [0.3, 0.4) is 0 Å². The molecule has 0 saturated heterocycles. The molecule has 3 atom stereocenters. The number of hydrogen-bond acceptors (Lipinski definition) is 16. The molecule has 16 nitrogen and oxygen atoms in total. The van der Waals surface area contributed by atoms with E-state index in [9.17, 15) is 19.5 Å². The first-order valence-electron chi connectivity index (χ1n) is 41.8. The van der Waals surface area contributed by atoms with E-state index in [2.05, 4.69) is 184 Å². The van der Waals surface area contributed by atoms with Crippen LogP contribution in [0.15, 0.2) is 255 Å². The lowest BCUT2D eigenvalue weighted by Crippen LogP contribution is -2.42. The van der Waals surface area contributed by atoms with E-state index in [1.165, 1.54) is 5.56 Å². The van der Waals surface area contributed by atoms with Crippen molar-refractivity contribution in [2.24, 2.45) is 0 Å². The Bertz CT molecular complexity index is 6300. The average Bonchev–Trinajstić information content (AvgIpc) is 1.70. The van der Waals surface area contributed by atoms with Crippen LogP contribution in [0.25, 0.3) is 0 Å². The summed E-state index contributed by atoms with van der Waals surface area (Å²) >= 11 is 0. The summed E-state index contributed by atoms with van der Waals surface area (Å²) in [6.45, 7) is 15.5. The maximum atomic E-state index is 14.0. The molecule has 0 saturated carbocycles. The van der Waals surface area contributed by atoms with Crippen LogP contribution in [0, 0.1) is 27.7 Å². The lowest BCUT2D eigenvalue weighted by molar-refractivity contribution is -0.0122. The Hall–Kier alpha value is -13.7. The highest BCUT2D eigenvalue weighted by molar-refractivity contribution is 5.98. The number of phenolic OH excluding ortho intramolecular Hbond substituents is 1.